The highest BCUT2D eigenvalue weighted by Gasteiger charge is 2.13. The summed E-state index contributed by atoms with van der Waals surface area (Å²) in [6, 6.07) is 14.0. The lowest BCUT2D eigenvalue weighted by Gasteiger charge is -2.19. The third-order valence-electron chi connectivity index (χ3n) is 3.45. The predicted octanol–water partition coefficient (Wildman–Crippen LogP) is 4.20. The molecule has 0 aliphatic heterocycles. The maximum absolute atomic E-state index is 12.9. The first kappa shape index (κ1) is 15.5. The lowest BCUT2D eigenvalue weighted by Crippen LogP contribution is -2.19. The highest BCUT2D eigenvalue weighted by Crippen LogP contribution is 2.24. The van der Waals surface area contributed by atoms with Crippen molar-refractivity contribution < 1.29 is 9.13 Å². The second-order valence-electron chi connectivity index (χ2n) is 6.24. The normalized spacial score (nSPS) is 13.0. The molecule has 0 spiro atoms. The number of benzene rings is 2. The van der Waals surface area contributed by atoms with E-state index in [2.05, 4.69) is 32.9 Å². The first-order valence-electron chi connectivity index (χ1n) is 7.10. The Kier molecular flexibility index (Phi) is 4.63. The molecular formula is C18H22FNO. The fourth-order valence-electron chi connectivity index (χ4n) is 2.04. The van der Waals surface area contributed by atoms with Gasteiger partial charge in [-0.1, -0.05) is 45.0 Å². The fraction of sp³-hybridized carbons (Fsp3) is 0.333. The predicted molar refractivity (Wildman–Crippen MR) is 84.0 cm³/mol. The maximum Gasteiger partial charge on any atom is 0.123 e. The number of nitrogens with two attached hydrogens (primary N) is 1. The van der Waals surface area contributed by atoms with E-state index in [0.717, 1.165) is 11.3 Å². The second kappa shape index (κ2) is 6.27. The Hall–Kier alpha value is -1.87. The van der Waals surface area contributed by atoms with Crippen molar-refractivity contribution in [2.45, 2.75) is 32.2 Å². The van der Waals surface area contributed by atoms with Crippen LogP contribution in [0.25, 0.3) is 0 Å². The Bertz CT molecular complexity index is 570. The molecule has 2 aromatic carbocycles. The Balaban J connectivity index is 1.95. The van der Waals surface area contributed by atoms with Gasteiger partial charge < -0.3 is 10.5 Å². The molecule has 0 saturated carbocycles. The van der Waals surface area contributed by atoms with E-state index in [9.17, 15) is 4.39 Å². The van der Waals surface area contributed by atoms with Gasteiger partial charge in [0.2, 0.25) is 0 Å². The van der Waals surface area contributed by atoms with Gasteiger partial charge in [-0.3, -0.25) is 0 Å². The Labute approximate surface area is 125 Å². The van der Waals surface area contributed by atoms with Gasteiger partial charge in [0.1, 0.15) is 18.2 Å². The SMILES string of the molecule is CC(C)(C)c1ccc(OCC(N)c2ccc(F)cc2)cc1. The number of hydrogen-bond donors (Lipinski definition) is 1. The molecule has 0 aliphatic carbocycles. The molecule has 2 rings (SSSR count). The zero-order valence-corrected chi connectivity index (χ0v) is 12.8. The van der Waals surface area contributed by atoms with E-state index >= 15 is 0 Å². The van der Waals surface area contributed by atoms with Gasteiger partial charge in [-0.15, -0.1) is 0 Å². The molecule has 0 aliphatic rings. The topological polar surface area (TPSA) is 35.2 Å². The molecule has 1 atom stereocenters. The van der Waals surface area contributed by atoms with E-state index in [0.29, 0.717) is 6.61 Å². The van der Waals surface area contributed by atoms with E-state index in [1.54, 1.807) is 12.1 Å². The van der Waals surface area contributed by atoms with Gasteiger partial charge in [-0.05, 0) is 40.8 Å². The maximum atomic E-state index is 12.9. The molecule has 3 heteroatoms. The summed E-state index contributed by atoms with van der Waals surface area (Å²) < 4.78 is 18.6. The smallest absolute Gasteiger partial charge is 0.123 e. The van der Waals surface area contributed by atoms with Crippen molar-refractivity contribution in [3.05, 3.63) is 65.5 Å². The van der Waals surface area contributed by atoms with Crippen LogP contribution in [0, 0.1) is 5.82 Å². The number of rotatable bonds is 4. The number of ether oxygens (including phenoxy) is 1. The van der Waals surface area contributed by atoms with E-state index < -0.39 is 0 Å². The van der Waals surface area contributed by atoms with Crippen molar-refractivity contribution in [1.29, 1.82) is 0 Å². The third-order valence-corrected chi connectivity index (χ3v) is 3.45. The first-order valence-corrected chi connectivity index (χ1v) is 7.10. The highest BCUT2D eigenvalue weighted by atomic mass is 19.1. The van der Waals surface area contributed by atoms with Crippen molar-refractivity contribution in [2.75, 3.05) is 6.61 Å². The summed E-state index contributed by atoms with van der Waals surface area (Å²) in [6.45, 7) is 6.88. The minimum atomic E-state index is -0.270. The van der Waals surface area contributed by atoms with Crippen LogP contribution in [0.15, 0.2) is 48.5 Å². The molecule has 0 bridgehead atoms. The average Bonchev–Trinajstić information content (AvgIpc) is 2.45. The zero-order valence-electron chi connectivity index (χ0n) is 12.8. The summed E-state index contributed by atoms with van der Waals surface area (Å²) >= 11 is 0. The number of halogens is 1. The molecule has 0 saturated heterocycles. The van der Waals surface area contributed by atoms with Crippen LogP contribution >= 0.6 is 0 Å². The first-order chi connectivity index (χ1) is 9.86. The minimum Gasteiger partial charge on any atom is -0.492 e. The summed E-state index contributed by atoms with van der Waals surface area (Å²) in [5.41, 5.74) is 8.30. The second-order valence-corrected chi connectivity index (χ2v) is 6.24. The Morgan fingerprint density at radius 3 is 2.10 bits per heavy atom. The fourth-order valence-corrected chi connectivity index (χ4v) is 2.04. The molecule has 2 N–H and O–H groups in total. The Morgan fingerprint density at radius 2 is 1.57 bits per heavy atom. The summed E-state index contributed by atoms with van der Waals surface area (Å²) in [4.78, 5) is 0. The molecule has 112 valence electrons. The van der Waals surface area contributed by atoms with Gasteiger partial charge in [0.25, 0.3) is 0 Å². The van der Waals surface area contributed by atoms with Crippen molar-refractivity contribution >= 4 is 0 Å². The molecule has 0 fully saturated rings. The minimum absolute atomic E-state index is 0.128. The van der Waals surface area contributed by atoms with Crippen LogP contribution in [0.4, 0.5) is 4.39 Å². The van der Waals surface area contributed by atoms with Gasteiger partial charge in [0.15, 0.2) is 0 Å². The molecular weight excluding hydrogens is 265 g/mol. The average molecular weight is 287 g/mol. The van der Waals surface area contributed by atoms with Crippen molar-refractivity contribution in [2.24, 2.45) is 5.73 Å². The van der Waals surface area contributed by atoms with E-state index in [1.165, 1.54) is 17.7 Å². The molecule has 0 aromatic heterocycles. The molecule has 0 amide bonds. The van der Waals surface area contributed by atoms with Crippen molar-refractivity contribution in [3.8, 4) is 5.75 Å². The van der Waals surface area contributed by atoms with Gasteiger partial charge in [0.05, 0.1) is 6.04 Å². The van der Waals surface area contributed by atoms with Gasteiger partial charge in [0, 0.05) is 0 Å². The molecule has 1 unspecified atom stereocenters. The van der Waals surface area contributed by atoms with Crippen LogP contribution in [0.5, 0.6) is 5.75 Å². The van der Waals surface area contributed by atoms with Crippen molar-refractivity contribution in [1.82, 2.24) is 0 Å². The zero-order chi connectivity index (χ0) is 15.5. The van der Waals surface area contributed by atoms with Crippen LogP contribution in [-0.4, -0.2) is 6.61 Å². The number of hydrogen-bond acceptors (Lipinski definition) is 2. The largest absolute Gasteiger partial charge is 0.492 e. The monoisotopic (exact) mass is 287 g/mol. The van der Waals surface area contributed by atoms with E-state index in [4.69, 9.17) is 10.5 Å². The summed E-state index contributed by atoms with van der Waals surface area (Å²) in [5.74, 6) is 0.533. The van der Waals surface area contributed by atoms with Crippen LogP contribution in [0.1, 0.15) is 37.9 Å². The lowest BCUT2D eigenvalue weighted by molar-refractivity contribution is 0.290. The van der Waals surface area contributed by atoms with Crippen LogP contribution in [0.2, 0.25) is 0 Å². The van der Waals surface area contributed by atoms with Gasteiger partial charge >= 0.3 is 0 Å². The summed E-state index contributed by atoms with van der Waals surface area (Å²) in [7, 11) is 0. The van der Waals surface area contributed by atoms with Gasteiger partial charge in [-0.2, -0.15) is 0 Å². The van der Waals surface area contributed by atoms with E-state index in [-0.39, 0.29) is 17.3 Å². The summed E-state index contributed by atoms with van der Waals surface area (Å²) in [5, 5.41) is 0. The Morgan fingerprint density at radius 1 is 1.00 bits per heavy atom. The van der Waals surface area contributed by atoms with Crippen LogP contribution in [-0.2, 0) is 5.41 Å². The molecule has 0 radical (unpaired) electrons. The van der Waals surface area contributed by atoms with Crippen molar-refractivity contribution in [3.63, 3.8) is 0 Å². The summed E-state index contributed by atoms with van der Waals surface area (Å²) in [6.07, 6.45) is 0. The highest BCUT2D eigenvalue weighted by molar-refractivity contribution is 5.31. The molecule has 21 heavy (non-hydrogen) atoms. The quantitative estimate of drug-likeness (QED) is 0.914. The van der Waals surface area contributed by atoms with E-state index in [1.807, 2.05) is 12.1 Å². The van der Waals surface area contributed by atoms with Crippen LogP contribution < -0.4 is 10.5 Å². The molecule has 0 heterocycles. The van der Waals surface area contributed by atoms with Crippen LogP contribution in [0.3, 0.4) is 0 Å². The lowest BCUT2D eigenvalue weighted by atomic mass is 9.87. The standard InChI is InChI=1S/C18H22FNO/c1-18(2,3)14-6-10-16(11-7-14)21-12-17(20)13-4-8-15(19)9-5-13/h4-11,17H,12,20H2,1-3H3. The van der Waals surface area contributed by atoms with Gasteiger partial charge in [-0.25, -0.2) is 4.39 Å². The third kappa shape index (κ3) is 4.30. The molecule has 2 nitrogen and oxygen atoms in total. The molecule has 2 aromatic rings.